The van der Waals surface area contributed by atoms with Crippen molar-refractivity contribution in [2.75, 3.05) is 0 Å². The van der Waals surface area contributed by atoms with Gasteiger partial charge in [0.15, 0.2) is 0 Å². The first-order valence-electron chi connectivity index (χ1n) is 6.26. The largest absolute Gasteiger partial charge is 0.192 e. The van der Waals surface area contributed by atoms with Gasteiger partial charge in [-0.2, -0.15) is 21.0 Å². The molecule has 4 nitrogen and oxygen atoms in total. The zero-order valence-corrected chi connectivity index (χ0v) is 11.7. The molecule has 21 heavy (non-hydrogen) atoms. The van der Waals surface area contributed by atoms with E-state index in [1.807, 2.05) is 50.3 Å². The van der Waals surface area contributed by atoms with Crippen LogP contribution in [0.1, 0.15) is 28.7 Å². The number of benzene rings is 1. The van der Waals surface area contributed by atoms with Crippen molar-refractivity contribution in [3.63, 3.8) is 0 Å². The van der Waals surface area contributed by atoms with E-state index in [0.717, 1.165) is 22.3 Å². The Morgan fingerprint density at radius 2 is 1.38 bits per heavy atom. The van der Waals surface area contributed by atoms with Crippen LogP contribution in [-0.2, 0) is 0 Å². The minimum atomic E-state index is 0.0322. The molecule has 0 saturated heterocycles. The predicted molar refractivity (Wildman–Crippen MR) is 76.8 cm³/mol. The molecule has 4 heteroatoms. The van der Waals surface area contributed by atoms with Crippen LogP contribution in [0, 0.1) is 59.2 Å². The zero-order chi connectivity index (χ0) is 15.6. The third-order valence-corrected chi connectivity index (χ3v) is 3.77. The molecule has 98 valence electrons. The van der Waals surface area contributed by atoms with Crippen molar-refractivity contribution >= 4 is 11.1 Å². The molecule has 1 aliphatic rings. The Morgan fingerprint density at radius 3 is 1.90 bits per heavy atom. The molecule has 2 rings (SSSR count). The smallest absolute Gasteiger partial charge is 0.133 e. The summed E-state index contributed by atoms with van der Waals surface area (Å²) >= 11 is 0. The lowest BCUT2D eigenvalue weighted by Gasteiger charge is -2.08. The van der Waals surface area contributed by atoms with E-state index in [2.05, 4.69) is 0 Å². The molecule has 0 saturated carbocycles. The van der Waals surface area contributed by atoms with E-state index >= 15 is 0 Å². The van der Waals surface area contributed by atoms with E-state index in [4.69, 9.17) is 21.0 Å². The van der Waals surface area contributed by atoms with Crippen molar-refractivity contribution in [3.8, 4) is 24.3 Å². The Kier molecular flexibility index (Phi) is 3.58. The van der Waals surface area contributed by atoms with Gasteiger partial charge < -0.3 is 0 Å². The van der Waals surface area contributed by atoms with Crippen LogP contribution in [-0.4, -0.2) is 0 Å². The van der Waals surface area contributed by atoms with E-state index in [0.29, 0.717) is 11.1 Å². The first-order chi connectivity index (χ1) is 10.1. The van der Waals surface area contributed by atoms with Crippen molar-refractivity contribution in [2.45, 2.75) is 20.3 Å². The first kappa shape index (κ1) is 14.1. The van der Waals surface area contributed by atoms with Gasteiger partial charge in [0.25, 0.3) is 0 Å². The summed E-state index contributed by atoms with van der Waals surface area (Å²) in [6, 6.07) is 11.4. The van der Waals surface area contributed by atoms with Gasteiger partial charge in [0.2, 0.25) is 0 Å². The summed E-state index contributed by atoms with van der Waals surface area (Å²) in [6.07, 6.45) is 0.270. The van der Waals surface area contributed by atoms with Crippen molar-refractivity contribution in [1.82, 2.24) is 0 Å². The van der Waals surface area contributed by atoms with Gasteiger partial charge in [0.1, 0.15) is 35.4 Å². The number of fused-ring (bicyclic) bond motifs is 1. The van der Waals surface area contributed by atoms with Crippen molar-refractivity contribution in [2.24, 2.45) is 0 Å². The fraction of sp³-hybridized carbons (Fsp3) is 0.176. The second-order valence-corrected chi connectivity index (χ2v) is 4.76. The molecule has 0 aliphatic heterocycles. The lowest BCUT2D eigenvalue weighted by atomic mass is 9.94. The predicted octanol–water partition coefficient (Wildman–Crippen LogP) is 3.31. The minimum absolute atomic E-state index is 0.0322. The Labute approximate surface area is 123 Å². The van der Waals surface area contributed by atoms with E-state index in [1.54, 1.807) is 0 Å². The van der Waals surface area contributed by atoms with Crippen LogP contribution >= 0.6 is 0 Å². The van der Waals surface area contributed by atoms with Gasteiger partial charge in [0, 0.05) is 6.42 Å². The minimum Gasteiger partial charge on any atom is -0.192 e. The number of rotatable bonds is 0. The fourth-order valence-electron chi connectivity index (χ4n) is 2.57. The first-order valence-corrected chi connectivity index (χ1v) is 6.26. The SMILES string of the molecule is Cc1ccc2c(c1C)C(=C(C#N)C#N)CC2=C(C#N)C#N. The molecule has 0 aromatic heterocycles. The third-order valence-electron chi connectivity index (χ3n) is 3.77. The van der Waals surface area contributed by atoms with Crippen LogP contribution in [0.5, 0.6) is 0 Å². The van der Waals surface area contributed by atoms with Gasteiger partial charge in [-0.05, 0) is 47.2 Å². The summed E-state index contributed by atoms with van der Waals surface area (Å²) in [7, 11) is 0. The summed E-state index contributed by atoms with van der Waals surface area (Å²) < 4.78 is 0. The van der Waals surface area contributed by atoms with Crippen LogP contribution in [0.15, 0.2) is 23.3 Å². The number of allylic oxidation sites excluding steroid dienone is 4. The van der Waals surface area contributed by atoms with Gasteiger partial charge in [-0.3, -0.25) is 0 Å². The fourth-order valence-corrected chi connectivity index (χ4v) is 2.57. The number of aryl methyl sites for hydroxylation is 1. The molecule has 0 atom stereocenters. The lowest BCUT2D eigenvalue weighted by Crippen LogP contribution is -1.92. The average Bonchev–Trinajstić information content (AvgIpc) is 2.86. The molecule has 0 spiro atoms. The number of hydrogen-bond donors (Lipinski definition) is 0. The number of nitriles is 4. The highest BCUT2D eigenvalue weighted by atomic mass is 14.4. The lowest BCUT2D eigenvalue weighted by molar-refractivity contribution is 1.31. The van der Waals surface area contributed by atoms with Crippen LogP contribution in [0.2, 0.25) is 0 Å². The second-order valence-electron chi connectivity index (χ2n) is 4.76. The Bertz CT molecular complexity index is 840. The Hall–Kier alpha value is -3.34. The zero-order valence-electron chi connectivity index (χ0n) is 11.7. The highest BCUT2D eigenvalue weighted by molar-refractivity contribution is 5.99. The van der Waals surface area contributed by atoms with Crippen molar-refractivity contribution in [1.29, 1.82) is 21.0 Å². The molecule has 1 aromatic carbocycles. The van der Waals surface area contributed by atoms with Gasteiger partial charge in [-0.1, -0.05) is 12.1 Å². The quantitative estimate of drug-likeness (QED) is 0.675. The normalized spacial score (nSPS) is 11.7. The van der Waals surface area contributed by atoms with Crippen LogP contribution in [0.4, 0.5) is 0 Å². The van der Waals surface area contributed by atoms with Gasteiger partial charge in [0.05, 0.1) is 0 Å². The molecule has 0 heterocycles. The monoisotopic (exact) mass is 270 g/mol. The van der Waals surface area contributed by atoms with Crippen LogP contribution < -0.4 is 0 Å². The van der Waals surface area contributed by atoms with Gasteiger partial charge in [-0.25, -0.2) is 0 Å². The average molecular weight is 270 g/mol. The Morgan fingerprint density at radius 1 is 0.857 bits per heavy atom. The summed E-state index contributed by atoms with van der Waals surface area (Å²) in [5.74, 6) is 0. The Balaban J connectivity index is 2.95. The van der Waals surface area contributed by atoms with Crippen LogP contribution in [0.25, 0.3) is 11.1 Å². The summed E-state index contributed by atoms with van der Waals surface area (Å²) in [5, 5.41) is 36.5. The molecular weight excluding hydrogens is 260 g/mol. The molecule has 1 aromatic rings. The van der Waals surface area contributed by atoms with E-state index in [1.165, 1.54) is 0 Å². The standard InChI is InChI=1S/C17H10N4/c1-10-3-4-14-15(12(6-18)7-19)5-16(13(8-20)9-21)17(14)11(10)2/h3-4H,5H2,1-2H3. The molecule has 0 radical (unpaired) electrons. The van der Waals surface area contributed by atoms with E-state index < -0.39 is 0 Å². The van der Waals surface area contributed by atoms with E-state index in [9.17, 15) is 0 Å². The highest BCUT2D eigenvalue weighted by Gasteiger charge is 2.28. The van der Waals surface area contributed by atoms with Gasteiger partial charge >= 0.3 is 0 Å². The molecule has 0 N–H and O–H groups in total. The summed E-state index contributed by atoms with van der Waals surface area (Å²) in [6.45, 7) is 3.87. The molecule has 0 fully saturated rings. The molecule has 1 aliphatic carbocycles. The summed E-state index contributed by atoms with van der Waals surface area (Å²) in [5.41, 5.74) is 4.86. The maximum atomic E-state index is 9.14. The molecule has 0 bridgehead atoms. The third kappa shape index (κ3) is 2.06. The number of hydrogen-bond acceptors (Lipinski definition) is 4. The highest BCUT2D eigenvalue weighted by Crippen LogP contribution is 2.45. The maximum Gasteiger partial charge on any atom is 0.133 e. The number of nitrogens with zero attached hydrogens (tertiary/aromatic N) is 4. The molecule has 0 amide bonds. The van der Waals surface area contributed by atoms with Crippen molar-refractivity contribution in [3.05, 3.63) is 45.5 Å². The molecular formula is C17H10N4. The second kappa shape index (κ2) is 5.34. The van der Waals surface area contributed by atoms with Crippen LogP contribution in [0.3, 0.4) is 0 Å². The maximum absolute atomic E-state index is 9.14. The molecule has 0 unspecified atom stereocenters. The topological polar surface area (TPSA) is 95.2 Å². The van der Waals surface area contributed by atoms with Crippen molar-refractivity contribution < 1.29 is 0 Å². The van der Waals surface area contributed by atoms with E-state index in [-0.39, 0.29) is 17.6 Å². The van der Waals surface area contributed by atoms with Gasteiger partial charge in [-0.15, -0.1) is 0 Å². The summed E-state index contributed by atoms with van der Waals surface area (Å²) in [4.78, 5) is 0.